The standard InChI is InChI=1S/C17H17ClN2O4/c1-10-12(18)4-3-5-14(10)20-16(21)9-24-15-8-11(17(22)23-2)6-7-13(15)19/h3-8H,9,19H2,1-2H3,(H,20,21). The molecule has 0 atom stereocenters. The molecule has 0 bridgehead atoms. The maximum absolute atomic E-state index is 12.0. The van der Waals surface area contributed by atoms with Gasteiger partial charge in [0.2, 0.25) is 0 Å². The molecule has 126 valence electrons. The fourth-order valence-electron chi connectivity index (χ4n) is 1.98. The minimum Gasteiger partial charge on any atom is -0.482 e. The van der Waals surface area contributed by atoms with Crippen molar-refractivity contribution >= 4 is 34.9 Å². The molecule has 3 N–H and O–H groups in total. The molecule has 24 heavy (non-hydrogen) atoms. The molecule has 0 spiro atoms. The molecular weight excluding hydrogens is 332 g/mol. The maximum Gasteiger partial charge on any atom is 0.337 e. The lowest BCUT2D eigenvalue weighted by molar-refractivity contribution is -0.118. The first kappa shape index (κ1) is 17.6. The van der Waals surface area contributed by atoms with E-state index in [9.17, 15) is 9.59 Å². The molecule has 6 nitrogen and oxygen atoms in total. The Morgan fingerprint density at radius 2 is 2.00 bits per heavy atom. The van der Waals surface area contributed by atoms with E-state index in [4.69, 9.17) is 22.1 Å². The smallest absolute Gasteiger partial charge is 0.337 e. The largest absolute Gasteiger partial charge is 0.482 e. The van der Waals surface area contributed by atoms with Gasteiger partial charge in [-0.2, -0.15) is 0 Å². The van der Waals surface area contributed by atoms with Crippen molar-refractivity contribution in [1.82, 2.24) is 0 Å². The van der Waals surface area contributed by atoms with Crippen LogP contribution >= 0.6 is 11.6 Å². The number of rotatable bonds is 5. The number of anilines is 2. The van der Waals surface area contributed by atoms with E-state index in [1.807, 2.05) is 0 Å². The highest BCUT2D eigenvalue weighted by atomic mass is 35.5. The van der Waals surface area contributed by atoms with Crippen LogP contribution in [0.3, 0.4) is 0 Å². The predicted molar refractivity (Wildman–Crippen MR) is 92.5 cm³/mol. The van der Waals surface area contributed by atoms with Crippen molar-refractivity contribution in [2.75, 3.05) is 24.8 Å². The Kier molecular flexibility index (Phi) is 5.65. The number of nitrogen functional groups attached to an aromatic ring is 1. The second kappa shape index (κ2) is 7.70. The maximum atomic E-state index is 12.0. The van der Waals surface area contributed by atoms with Crippen LogP contribution in [0, 0.1) is 6.92 Å². The van der Waals surface area contributed by atoms with Crippen molar-refractivity contribution in [3.63, 3.8) is 0 Å². The Bertz CT molecular complexity index is 777. The Morgan fingerprint density at radius 1 is 1.25 bits per heavy atom. The topological polar surface area (TPSA) is 90.7 Å². The van der Waals surface area contributed by atoms with Crippen LogP contribution in [0.25, 0.3) is 0 Å². The Hall–Kier alpha value is -2.73. The fraction of sp³-hybridized carbons (Fsp3) is 0.176. The van der Waals surface area contributed by atoms with Gasteiger partial charge in [0.15, 0.2) is 6.61 Å². The summed E-state index contributed by atoms with van der Waals surface area (Å²) in [5, 5.41) is 3.27. The van der Waals surface area contributed by atoms with Gasteiger partial charge in [-0.1, -0.05) is 17.7 Å². The molecule has 0 saturated carbocycles. The van der Waals surface area contributed by atoms with E-state index in [1.54, 1.807) is 25.1 Å². The lowest BCUT2D eigenvalue weighted by atomic mass is 10.2. The van der Waals surface area contributed by atoms with Crippen molar-refractivity contribution in [2.45, 2.75) is 6.92 Å². The molecule has 7 heteroatoms. The first-order valence-electron chi connectivity index (χ1n) is 7.08. The molecule has 0 aromatic heterocycles. The second-order valence-electron chi connectivity index (χ2n) is 4.99. The van der Waals surface area contributed by atoms with Gasteiger partial charge in [0.1, 0.15) is 5.75 Å². The van der Waals surface area contributed by atoms with E-state index >= 15 is 0 Å². The lowest BCUT2D eigenvalue weighted by Gasteiger charge is -2.12. The van der Waals surface area contributed by atoms with E-state index in [2.05, 4.69) is 10.1 Å². The molecule has 1 amide bonds. The summed E-state index contributed by atoms with van der Waals surface area (Å²) < 4.78 is 10.0. The van der Waals surface area contributed by atoms with Crippen LogP contribution in [-0.4, -0.2) is 25.6 Å². The van der Waals surface area contributed by atoms with Gasteiger partial charge in [0.25, 0.3) is 5.91 Å². The average Bonchev–Trinajstić information content (AvgIpc) is 2.57. The van der Waals surface area contributed by atoms with Crippen LogP contribution in [0.4, 0.5) is 11.4 Å². The number of benzene rings is 2. The Labute approximate surface area is 144 Å². The Balaban J connectivity index is 2.04. The van der Waals surface area contributed by atoms with Crippen molar-refractivity contribution in [3.8, 4) is 5.75 Å². The number of hydrogen-bond acceptors (Lipinski definition) is 5. The third-order valence-electron chi connectivity index (χ3n) is 3.34. The van der Waals surface area contributed by atoms with Crippen LogP contribution in [-0.2, 0) is 9.53 Å². The molecule has 0 aliphatic carbocycles. The van der Waals surface area contributed by atoms with Gasteiger partial charge >= 0.3 is 5.97 Å². The molecule has 0 radical (unpaired) electrons. The number of carbonyl (C=O) groups excluding carboxylic acids is 2. The quantitative estimate of drug-likeness (QED) is 0.640. The lowest BCUT2D eigenvalue weighted by Crippen LogP contribution is -2.21. The van der Waals surface area contributed by atoms with E-state index < -0.39 is 5.97 Å². The highest BCUT2D eigenvalue weighted by Gasteiger charge is 2.12. The zero-order valence-electron chi connectivity index (χ0n) is 13.3. The van der Waals surface area contributed by atoms with E-state index in [0.29, 0.717) is 16.4 Å². The van der Waals surface area contributed by atoms with Gasteiger partial charge in [-0.25, -0.2) is 4.79 Å². The number of hydrogen-bond donors (Lipinski definition) is 2. The zero-order chi connectivity index (χ0) is 17.7. The van der Waals surface area contributed by atoms with E-state index in [0.717, 1.165) is 5.56 Å². The first-order chi connectivity index (χ1) is 11.4. The minimum atomic E-state index is -0.515. The van der Waals surface area contributed by atoms with Crippen molar-refractivity contribution in [1.29, 1.82) is 0 Å². The molecule has 2 aromatic carbocycles. The van der Waals surface area contributed by atoms with Crippen LogP contribution in [0.5, 0.6) is 5.75 Å². The molecular formula is C17H17ClN2O4. The van der Waals surface area contributed by atoms with E-state index in [1.165, 1.54) is 25.3 Å². The summed E-state index contributed by atoms with van der Waals surface area (Å²) in [4.78, 5) is 23.5. The molecule has 0 fully saturated rings. The van der Waals surface area contributed by atoms with Crippen molar-refractivity contribution < 1.29 is 19.1 Å². The average molecular weight is 349 g/mol. The second-order valence-corrected chi connectivity index (χ2v) is 5.40. The summed E-state index contributed by atoms with van der Waals surface area (Å²) in [5.74, 6) is -0.655. The molecule has 0 unspecified atom stereocenters. The van der Waals surface area contributed by atoms with Gasteiger partial charge in [-0.05, 0) is 42.8 Å². The fourth-order valence-corrected chi connectivity index (χ4v) is 2.15. The number of amides is 1. The highest BCUT2D eigenvalue weighted by molar-refractivity contribution is 6.31. The molecule has 2 rings (SSSR count). The van der Waals surface area contributed by atoms with Gasteiger partial charge in [0.05, 0.1) is 18.4 Å². The zero-order valence-corrected chi connectivity index (χ0v) is 14.0. The van der Waals surface area contributed by atoms with Crippen LogP contribution in [0.2, 0.25) is 5.02 Å². The van der Waals surface area contributed by atoms with Crippen molar-refractivity contribution in [3.05, 3.63) is 52.5 Å². The molecule has 0 saturated heterocycles. The number of ether oxygens (including phenoxy) is 2. The number of esters is 1. The van der Waals surface area contributed by atoms with Gasteiger partial charge in [0, 0.05) is 10.7 Å². The normalized spacial score (nSPS) is 10.1. The SMILES string of the molecule is COC(=O)c1ccc(N)c(OCC(=O)Nc2cccc(Cl)c2C)c1. The summed E-state index contributed by atoms with van der Waals surface area (Å²) in [5.41, 5.74) is 7.75. The molecule has 0 aliphatic heterocycles. The van der Waals surface area contributed by atoms with Gasteiger partial charge in [-0.3, -0.25) is 4.79 Å². The number of carbonyl (C=O) groups is 2. The van der Waals surface area contributed by atoms with Crippen molar-refractivity contribution in [2.24, 2.45) is 0 Å². The third kappa shape index (κ3) is 4.17. The van der Waals surface area contributed by atoms with Crippen LogP contribution < -0.4 is 15.8 Å². The predicted octanol–water partition coefficient (Wildman–Crippen LogP) is 3.03. The first-order valence-corrected chi connectivity index (χ1v) is 7.45. The van der Waals surface area contributed by atoms with Gasteiger partial charge in [-0.15, -0.1) is 0 Å². The summed E-state index contributed by atoms with van der Waals surface area (Å²) in [7, 11) is 1.28. The number of methoxy groups -OCH3 is 1. The third-order valence-corrected chi connectivity index (χ3v) is 3.74. The molecule has 0 heterocycles. The molecule has 2 aromatic rings. The number of halogens is 1. The van der Waals surface area contributed by atoms with Crippen LogP contribution in [0.15, 0.2) is 36.4 Å². The number of nitrogens with two attached hydrogens (primary N) is 1. The summed E-state index contributed by atoms with van der Waals surface area (Å²) in [6, 6.07) is 9.68. The molecule has 0 aliphatic rings. The van der Waals surface area contributed by atoms with Gasteiger partial charge < -0.3 is 20.5 Å². The summed E-state index contributed by atoms with van der Waals surface area (Å²) in [6.07, 6.45) is 0. The summed E-state index contributed by atoms with van der Waals surface area (Å²) in [6.45, 7) is 1.54. The highest BCUT2D eigenvalue weighted by Crippen LogP contribution is 2.24. The van der Waals surface area contributed by atoms with E-state index in [-0.39, 0.29) is 23.8 Å². The minimum absolute atomic E-state index is 0.232. The Morgan fingerprint density at radius 3 is 2.71 bits per heavy atom. The number of nitrogens with one attached hydrogen (secondary N) is 1. The summed E-state index contributed by atoms with van der Waals surface area (Å²) >= 11 is 6.01. The van der Waals surface area contributed by atoms with Crippen LogP contribution in [0.1, 0.15) is 15.9 Å². The monoisotopic (exact) mass is 348 g/mol.